The molecular formula is C17H9BrF4N2S. The molecule has 0 bridgehead atoms. The lowest BCUT2D eigenvalue weighted by molar-refractivity contribution is 0.452. The highest BCUT2D eigenvalue weighted by Crippen LogP contribution is 2.31. The van der Waals surface area contributed by atoms with E-state index in [1.807, 2.05) is 30.3 Å². The maximum absolute atomic E-state index is 13.9. The Hall–Kier alpha value is -2.19. The number of halogens is 5. The molecule has 25 heavy (non-hydrogen) atoms. The molecule has 3 aromatic carbocycles. The molecule has 8 heteroatoms. The van der Waals surface area contributed by atoms with Gasteiger partial charge in [0.25, 0.3) is 0 Å². The van der Waals surface area contributed by atoms with Crippen molar-refractivity contribution in [1.82, 2.24) is 0 Å². The van der Waals surface area contributed by atoms with Gasteiger partial charge in [0.05, 0.1) is 4.47 Å². The largest absolute Gasteiger partial charge is 0.332 e. The van der Waals surface area contributed by atoms with Gasteiger partial charge in [0.1, 0.15) is 5.69 Å². The Balaban J connectivity index is 1.91. The van der Waals surface area contributed by atoms with Gasteiger partial charge in [0.15, 0.2) is 28.4 Å². The summed E-state index contributed by atoms with van der Waals surface area (Å²) < 4.78 is 54.0. The molecule has 0 aliphatic rings. The maximum atomic E-state index is 13.9. The van der Waals surface area contributed by atoms with E-state index in [1.54, 1.807) is 12.1 Å². The van der Waals surface area contributed by atoms with Crippen molar-refractivity contribution in [3.63, 3.8) is 0 Å². The van der Waals surface area contributed by atoms with Crippen molar-refractivity contribution in [3.05, 3.63) is 70.2 Å². The van der Waals surface area contributed by atoms with Crippen LogP contribution in [0, 0.1) is 23.3 Å². The SMILES string of the molecule is Fc1c(F)c(NC(=S)Nc2cccc3ccccc23)c(F)c(F)c1Br. The van der Waals surface area contributed by atoms with Crippen LogP contribution in [-0.2, 0) is 0 Å². The molecule has 128 valence electrons. The topological polar surface area (TPSA) is 24.1 Å². The molecule has 2 nitrogen and oxygen atoms in total. The molecule has 0 aliphatic heterocycles. The number of hydrogen-bond donors (Lipinski definition) is 2. The smallest absolute Gasteiger partial charge is 0.186 e. The van der Waals surface area contributed by atoms with Gasteiger partial charge in [-0.3, -0.25) is 0 Å². The predicted octanol–water partition coefficient (Wildman–Crippen LogP) is 5.97. The zero-order chi connectivity index (χ0) is 18.1. The zero-order valence-electron chi connectivity index (χ0n) is 12.3. The highest BCUT2D eigenvalue weighted by molar-refractivity contribution is 9.10. The van der Waals surface area contributed by atoms with E-state index in [9.17, 15) is 17.6 Å². The van der Waals surface area contributed by atoms with Crippen LogP contribution in [0.15, 0.2) is 46.9 Å². The minimum atomic E-state index is -1.58. The third-order valence-corrected chi connectivity index (χ3v) is 4.39. The van der Waals surface area contributed by atoms with Gasteiger partial charge in [0.2, 0.25) is 0 Å². The molecule has 0 aliphatic carbocycles. The van der Waals surface area contributed by atoms with Gasteiger partial charge >= 0.3 is 0 Å². The van der Waals surface area contributed by atoms with Crippen LogP contribution < -0.4 is 10.6 Å². The Kier molecular flexibility index (Phi) is 4.91. The van der Waals surface area contributed by atoms with E-state index < -0.39 is 33.4 Å². The fraction of sp³-hybridized carbons (Fsp3) is 0. The first-order valence-electron chi connectivity index (χ1n) is 6.97. The Labute approximate surface area is 154 Å². The van der Waals surface area contributed by atoms with Crippen LogP contribution in [0.25, 0.3) is 10.8 Å². The van der Waals surface area contributed by atoms with Crippen LogP contribution in [-0.4, -0.2) is 5.11 Å². The number of anilines is 2. The van der Waals surface area contributed by atoms with Gasteiger partial charge in [-0.25, -0.2) is 17.6 Å². The number of thiocarbonyl (C=S) groups is 1. The Morgan fingerprint density at radius 1 is 0.800 bits per heavy atom. The lowest BCUT2D eigenvalue weighted by atomic mass is 10.1. The van der Waals surface area contributed by atoms with Crippen LogP contribution in [0.2, 0.25) is 0 Å². The highest BCUT2D eigenvalue weighted by Gasteiger charge is 2.24. The molecule has 0 amide bonds. The van der Waals surface area contributed by atoms with E-state index in [0.717, 1.165) is 10.8 Å². The second-order valence-corrected chi connectivity index (χ2v) is 6.25. The summed E-state index contributed by atoms with van der Waals surface area (Å²) in [5, 5.41) is 6.48. The summed E-state index contributed by atoms with van der Waals surface area (Å²) in [6, 6.07) is 12.8. The first kappa shape index (κ1) is 17.6. The van der Waals surface area contributed by atoms with E-state index in [-0.39, 0.29) is 5.11 Å². The number of hydrogen-bond acceptors (Lipinski definition) is 1. The van der Waals surface area contributed by atoms with Crippen LogP contribution in [0.5, 0.6) is 0 Å². The normalized spacial score (nSPS) is 10.8. The molecule has 0 aromatic heterocycles. The summed E-state index contributed by atoms with van der Waals surface area (Å²) in [4.78, 5) is 0. The molecule has 3 rings (SSSR count). The van der Waals surface area contributed by atoms with Crippen molar-refractivity contribution in [2.24, 2.45) is 0 Å². The summed E-state index contributed by atoms with van der Waals surface area (Å²) >= 11 is 7.46. The minimum Gasteiger partial charge on any atom is -0.332 e. The summed E-state index contributed by atoms with van der Waals surface area (Å²) in [5.41, 5.74) is -0.426. The van der Waals surface area contributed by atoms with Crippen molar-refractivity contribution >= 4 is 55.4 Å². The monoisotopic (exact) mass is 428 g/mol. The molecule has 3 aromatic rings. The number of fused-ring (bicyclic) bond motifs is 1. The Morgan fingerprint density at radius 2 is 1.40 bits per heavy atom. The zero-order valence-corrected chi connectivity index (χ0v) is 14.7. The van der Waals surface area contributed by atoms with Gasteiger partial charge in [-0.05, 0) is 39.6 Å². The maximum Gasteiger partial charge on any atom is 0.186 e. The van der Waals surface area contributed by atoms with Crippen molar-refractivity contribution in [1.29, 1.82) is 0 Å². The third kappa shape index (κ3) is 3.32. The Bertz CT molecular complexity index is 960. The van der Waals surface area contributed by atoms with Crippen LogP contribution in [0.4, 0.5) is 28.9 Å². The van der Waals surface area contributed by atoms with Crippen molar-refractivity contribution < 1.29 is 17.6 Å². The van der Waals surface area contributed by atoms with Crippen molar-refractivity contribution in [2.45, 2.75) is 0 Å². The second kappa shape index (κ2) is 6.97. The van der Waals surface area contributed by atoms with Crippen molar-refractivity contribution in [3.8, 4) is 0 Å². The van der Waals surface area contributed by atoms with E-state index in [2.05, 4.69) is 26.6 Å². The fourth-order valence-electron chi connectivity index (χ4n) is 2.32. The summed E-state index contributed by atoms with van der Waals surface area (Å²) in [7, 11) is 0. The number of rotatable bonds is 2. The van der Waals surface area contributed by atoms with Gasteiger partial charge in [-0.15, -0.1) is 0 Å². The molecule has 0 fully saturated rings. The average molecular weight is 429 g/mol. The second-order valence-electron chi connectivity index (χ2n) is 5.05. The molecule has 0 saturated heterocycles. The molecule has 0 saturated carbocycles. The standard InChI is InChI=1S/C17H9BrF4N2S/c18-11-12(19)14(21)16(15(22)13(11)20)24-17(25)23-10-7-3-5-8-4-1-2-6-9(8)10/h1-7H,(H2,23,24,25). The van der Waals surface area contributed by atoms with Crippen molar-refractivity contribution in [2.75, 3.05) is 10.6 Å². The summed E-state index contributed by atoms with van der Waals surface area (Å²) in [6.07, 6.45) is 0. The van der Waals surface area contributed by atoms with E-state index >= 15 is 0 Å². The van der Waals surface area contributed by atoms with Gasteiger partial charge in [0, 0.05) is 11.1 Å². The number of nitrogens with one attached hydrogen (secondary N) is 2. The van der Waals surface area contributed by atoms with E-state index in [0.29, 0.717) is 5.69 Å². The quantitative estimate of drug-likeness (QED) is 0.227. The minimum absolute atomic E-state index is 0.213. The molecular weight excluding hydrogens is 420 g/mol. The summed E-state index contributed by atoms with van der Waals surface area (Å²) in [5.74, 6) is -6.25. The highest BCUT2D eigenvalue weighted by atomic mass is 79.9. The van der Waals surface area contributed by atoms with Gasteiger partial charge < -0.3 is 10.6 Å². The third-order valence-electron chi connectivity index (χ3n) is 3.49. The molecule has 2 N–H and O–H groups in total. The average Bonchev–Trinajstić information content (AvgIpc) is 2.62. The first-order chi connectivity index (χ1) is 11.9. The van der Waals surface area contributed by atoms with Crippen LogP contribution >= 0.6 is 28.1 Å². The van der Waals surface area contributed by atoms with Gasteiger partial charge in [-0.2, -0.15) is 0 Å². The van der Waals surface area contributed by atoms with Gasteiger partial charge in [-0.1, -0.05) is 36.4 Å². The van der Waals surface area contributed by atoms with Crippen LogP contribution in [0.1, 0.15) is 0 Å². The molecule has 0 unspecified atom stereocenters. The fourth-order valence-corrected chi connectivity index (χ4v) is 2.88. The number of benzene rings is 3. The summed E-state index contributed by atoms with van der Waals surface area (Å²) in [6.45, 7) is 0. The molecule has 0 radical (unpaired) electrons. The predicted molar refractivity (Wildman–Crippen MR) is 97.8 cm³/mol. The lowest BCUT2D eigenvalue weighted by Crippen LogP contribution is -2.21. The van der Waals surface area contributed by atoms with E-state index in [1.165, 1.54) is 0 Å². The molecule has 0 heterocycles. The van der Waals surface area contributed by atoms with E-state index in [4.69, 9.17) is 12.2 Å². The van der Waals surface area contributed by atoms with Crippen LogP contribution in [0.3, 0.4) is 0 Å². The Morgan fingerprint density at radius 3 is 2.08 bits per heavy atom. The first-order valence-corrected chi connectivity index (χ1v) is 8.17. The molecule has 0 spiro atoms. The lowest BCUT2D eigenvalue weighted by Gasteiger charge is -2.14. The molecule has 0 atom stereocenters.